The van der Waals surface area contributed by atoms with Gasteiger partial charge in [0.05, 0.1) is 11.4 Å². The quantitative estimate of drug-likeness (QED) is 0.394. The second-order valence-corrected chi connectivity index (χ2v) is 9.23. The van der Waals surface area contributed by atoms with Crippen LogP contribution in [0.5, 0.6) is 0 Å². The first-order valence-electron chi connectivity index (χ1n) is 14.0. The van der Waals surface area contributed by atoms with Crippen LogP contribution in [0, 0.1) is 37.5 Å². The van der Waals surface area contributed by atoms with E-state index in [1.54, 1.807) is 6.92 Å². The van der Waals surface area contributed by atoms with E-state index in [9.17, 15) is 9.59 Å². The molecular formula is C25H29FN6O3. The summed E-state index contributed by atoms with van der Waals surface area (Å²) < 4.78 is 59.1. The predicted octanol–water partition coefficient (Wildman–Crippen LogP) is 3.95. The summed E-state index contributed by atoms with van der Waals surface area (Å²) in [6.07, 6.45) is 2.24. The average Bonchev–Trinajstić information content (AvgIpc) is 3.80. The normalized spacial score (nSPS) is 19.3. The van der Waals surface area contributed by atoms with Crippen molar-refractivity contribution in [1.82, 2.24) is 25.7 Å². The van der Waals surface area contributed by atoms with Crippen LogP contribution in [0.15, 0.2) is 22.9 Å². The molecule has 184 valence electrons. The number of H-pyrrole nitrogens is 1. The van der Waals surface area contributed by atoms with Gasteiger partial charge in [0.25, 0.3) is 5.91 Å². The second-order valence-electron chi connectivity index (χ2n) is 9.23. The molecule has 0 aliphatic heterocycles. The van der Waals surface area contributed by atoms with Crippen molar-refractivity contribution in [2.45, 2.75) is 58.8 Å². The maximum atomic E-state index is 15.3. The largest absolute Gasteiger partial charge is 0.364 e. The molecule has 9 nitrogen and oxygen atoms in total. The number of aromatic amines is 1. The van der Waals surface area contributed by atoms with Crippen molar-refractivity contribution in [2.24, 2.45) is 17.8 Å². The number of aromatic nitrogens is 4. The molecule has 3 heterocycles. The topological polar surface area (TPSA) is 126 Å². The minimum atomic E-state index is -3.04. The highest BCUT2D eigenvalue weighted by molar-refractivity contribution is 6.01. The fourth-order valence-corrected chi connectivity index (χ4v) is 4.70. The third-order valence-electron chi connectivity index (χ3n) is 6.72. The number of nitrogens with zero attached hydrogens (tertiary/aromatic N) is 3. The molecule has 35 heavy (non-hydrogen) atoms. The van der Waals surface area contributed by atoms with Gasteiger partial charge >= 0.3 is 0 Å². The molecule has 3 aromatic rings. The van der Waals surface area contributed by atoms with Crippen LogP contribution in [0.25, 0.3) is 11.1 Å². The molecule has 10 heteroatoms. The minimum Gasteiger partial charge on any atom is -0.364 e. The summed E-state index contributed by atoms with van der Waals surface area (Å²) in [5.41, 5.74) is 0.173. The Morgan fingerprint density at radius 3 is 2.60 bits per heavy atom. The smallest absolute Gasteiger partial charge is 0.257 e. The van der Waals surface area contributed by atoms with Crippen molar-refractivity contribution in [2.75, 3.05) is 5.32 Å². The summed E-state index contributed by atoms with van der Waals surface area (Å²) in [6, 6.07) is 1.73. The van der Waals surface area contributed by atoms with E-state index in [1.165, 1.54) is 25.3 Å². The van der Waals surface area contributed by atoms with Gasteiger partial charge in [0, 0.05) is 23.7 Å². The van der Waals surface area contributed by atoms with Crippen LogP contribution in [0.2, 0.25) is 0 Å². The number of aryl methyl sites for hydroxylation is 3. The monoisotopic (exact) mass is 485 g/mol. The molecular weight excluding hydrogens is 451 g/mol. The van der Waals surface area contributed by atoms with Crippen molar-refractivity contribution in [1.29, 1.82) is 0 Å². The van der Waals surface area contributed by atoms with Crippen LogP contribution in [-0.2, 0) is 11.2 Å². The van der Waals surface area contributed by atoms with Crippen molar-refractivity contribution < 1.29 is 25.4 Å². The maximum absolute atomic E-state index is 15.3. The first-order valence-corrected chi connectivity index (χ1v) is 11.5. The van der Waals surface area contributed by atoms with Gasteiger partial charge in [-0.2, -0.15) is 9.49 Å². The zero-order valence-electron chi connectivity index (χ0n) is 24.3. The Morgan fingerprint density at radius 2 is 2.00 bits per heavy atom. The van der Waals surface area contributed by atoms with Crippen molar-refractivity contribution in [3.8, 4) is 11.1 Å². The molecule has 5 rings (SSSR count). The lowest BCUT2D eigenvalue weighted by Crippen LogP contribution is -2.50. The number of nitrogens with one attached hydrogen (secondary N) is 3. The van der Waals surface area contributed by atoms with Crippen LogP contribution in [0.1, 0.15) is 66.8 Å². The average molecular weight is 486 g/mol. The SMILES string of the molecule is [2H]C([2H])([2H])C([2H])([2H])c1[nH]nc(C)c1-c1ccc(NC(=O)C(NC(=O)c2conc2C)C(C2CC2)C2CC2)nc1F. The molecule has 3 aromatic heterocycles. The molecule has 2 fully saturated rings. The number of rotatable bonds is 9. The van der Waals surface area contributed by atoms with Crippen molar-refractivity contribution >= 4 is 17.6 Å². The van der Waals surface area contributed by atoms with Crippen molar-refractivity contribution in [3.63, 3.8) is 0 Å². The fourth-order valence-electron chi connectivity index (χ4n) is 4.70. The fraction of sp³-hybridized carbons (Fsp3) is 0.480. The summed E-state index contributed by atoms with van der Waals surface area (Å²) >= 11 is 0. The lowest BCUT2D eigenvalue weighted by Gasteiger charge is -2.27. The molecule has 3 N–H and O–H groups in total. The molecule has 2 amide bonds. The molecule has 0 radical (unpaired) electrons. The standard InChI is InChI=1S/C25H29FN6O3/c1-4-18-20(13(3)30-31-18)16-9-10-19(27-23(16)26)28-25(34)22(21(14-5-6-14)15-7-8-15)29-24(33)17-11-35-32-12(17)2/h9-11,14-15,21-22H,4-8H2,1-3H3,(H,29,33)(H,30,31)(H,27,28,34)/i1D3,4D2. The molecule has 2 aliphatic carbocycles. The van der Waals surface area contributed by atoms with Gasteiger partial charge in [-0.15, -0.1) is 0 Å². The van der Waals surface area contributed by atoms with E-state index < -0.39 is 42.7 Å². The van der Waals surface area contributed by atoms with E-state index in [4.69, 9.17) is 11.4 Å². The van der Waals surface area contributed by atoms with Gasteiger partial charge < -0.3 is 15.2 Å². The van der Waals surface area contributed by atoms with E-state index in [1.807, 2.05) is 0 Å². The van der Waals surface area contributed by atoms with Gasteiger partial charge in [-0.3, -0.25) is 14.7 Å². The maximum Gasteiger partial charge on any atom is 0.257 e. The van der Waals surface area contributed by atoms with Gasteiger partial charge in [0.2, 0.25) is 11.9 Å². The highest BCUT2D eigenvalue weighted by atomic mass is 19.1. The number of halogens is 1. The third-order valence-corrected chi connectivity index (χ3v) is 6.72. The molecule has 0 saturated heterocycles. The predicted molar refractivity (Wildman–Crippen MR) is 126 cm³/mol. The molecule has 0 spiro atoms. The van der Waals surface area contributed by atoms with Gasteiger partial charge in [0.15, 0.2) is 0 Å². The Labute approximate surface area is 209 Å². The van der Waals surface area contributed by atoms with Crippen molar-refractivity contribution in [3.05, 3.63) is 47.0 Å². The van der Waals surface area contributed by atoms with Crippen LogP contribution in [0.4, 0.5) is 10.2 Å². The Kier molecular flexibility index (Phi) is 4.70. The van der Waals surface area contributed by atoms with E-state index in [0.717, 1.165) is 25.7 Å². The molecule has 1 unspecified atom stereocenters. The molecule has 2 aliphatic rings. The van der Waals surface area contributed by atoms with E-state index in [0.29, 0.717) is 17.5 Å². The Hall–Kier alpha value is -3.56. The summed E-state index contributed by atoms with van der Waals surface area (Å²) in [4.78, 5) is 30.4. The second kappa shape index (κ2) is 9.24. The van der Waals surface area contributed by atoms with Gasteiger partial charge in [0.1, 0.15) is 23.7 Å². The summed E-state index contributed by atoms with van der Waals surface area (Å²) in [7, 11) is 0. The molecule has 0 bridgehead atoms. The van der Waals surface area contributed by atoms with Gasteiger partial charge in [-0.05, 0) is 75.8 Å². The summed E-state index contributed by atoms with van der Waals surface area (Å²) in [6.45, 7) is 0.0704. The molecule has 1 atom stereocenters. The van der Waals surface area contributed by atoms with Crippen LogP contribution in [0.3, 0.4) is 0 Å². The zero-order chi connectivity index (χ0) is 29.0. The van der Waals surface area contributed by atoms with Gasteiger partial charge in [-0.1, -0.05) is 12.0 Å². The number of amides is 2. The Morgan fingerprint density at radius 1 is 1.26 bits per heavy atom. The lowest BCUT2D eigenvalue weighted by molar-refractivity contribution is -0.119. The first kappa shape index (κ1) is 17.8. The summed E-state index contributed by atoms with van der Waals surface area (Å²) in [5, 5.41) is 15.5. The Balaban J connectivity index is 1.41. The number of anilines is 1. The highest BCUT2D eigenvalue weighted by Crippen LogP contribution is 2.51. The van der Waals surface area contributed by atoms with Crippen LogP contribution >= 0.6 is 0 Å². The summed E-state index contributed by atoms with van der Waals surface area (Å²) in [5.74, 6) is -1.67. The zero-order valence-corrected chi connectivity index (χ0v) is 19.3. The highest BCUT2D eigenvalue weighted by Gasteiger charge is 2.48. The molecule has 2 saturated carbocycles. The van der Waals surface area contributed by atoms with E-state index in [2.05, 4.69) is 31.0 Å². The lowest BCUT2D eigenvalue weighted by atomic mass is 9.88. The van der Waals surface area contributed by atoms with Crippen LogP contribution < -0.4 is 10.6 Å². The number of hydrogen-bond donors (Lipinski definition) is 3. The number of carbonyl (C=O) groups excluding carboxylic acids is 2. The number of carbonyl (C=O) groups is 2. The van der Waals surface area contributed by atoms with Crippen LogP contribution in [-0.4, -0.2) is 38.2 Å². The van der Waals surface area contributed by atoms with E-state index in [-0.39, 0.29) is 34.1 Å². The number of hydrogen-bond acceptors (Lipinski definition) is 6. The first-order chi connectivity index (χ1) is 18.8. The third kappa shape index (κ3) is 4.69. The number of pyridine rings is 1. The Bertz CT molecular complexity index is 1430. The van der Waals surface area contributed by atoms with Gasteiger partial charge in [-0.25, -0.2) is 4.98 Å². The molecule has 0 aromatic carbocycles. The minimum absolute atomic E-state index is 0.0548. The van der Waals surface area contributed by atoms with E-state index >= 15 is 4.39 Å².